The normalized spacial score (nSPS) is 9.31. The van der Waals surface area contributed by atoms with Gasteiger partial charge in [-0.2, -0.15) is 0 Å². The van der Waals surface area contributed by atoms with Crippen LogP contribution < -0.4 is 10.6 Å². The van der Waals surface area contributed by atoms with Gasteiger partial charge in [0, 0.05) is 6.54 Å². The van der Waals surface area contributed by atoms with Crippen molar-refractivity contribution in [2.45, 2.75) is 6.92 Å². The Balaban J connectivity index is 2.73. The second-order valence-corrected chi connectivity index (χ2v) is 2.37. The summed E-state index contributed by atoms with van der Waals surface area (Å²) in [6, 6.07) is 5.10. The van der Waals surface area contributed by atoms with Gasteiger partial charge in [-0.15, -0.1) is 0 Å². The van der Waals surface area contributed by atoms with Crippen molar-refractivity contribution in [1.29, 1.82) is 0 Å². The fourth-order valence-corrected chi connectivity index (χ4v) is 0.893. The van der Waals surface area contributed by atoms with E-state index in [4.69, 9.17) is 5.11 Å². The van der Waals surface area contributed by atoms with Crippen molar-refractivity contribution in [3.8, 4) is 0 Å². The highest BCUT2D eigenvalue weighted by molar-refractivity contribution is 5.81. The standard InChI is InChI=1S/C8H11N3O2/c1-2-9-6-4-3-5-7(10-6)11-8(12)13/h3-5H,2H2,1H3,(H,12,13)(H2,9,10,11). The van der Waals surface area contributed by atoms with Crippen LogP contribution in [0.5, 0.6) is 0 Å². The molecule has 0 saturated heterocycles. The van der Waals surface area contributed by atoms with E-state index in [-0.39, 0.29) is 0 Å². The van der Waals surface area contributed by atoms with Crippen molar-refractivity contribution in [1.82, 2.24) is 4.98 Å². The topological polar surface area (TPSA) is 74.2 Å². The maximum Gasteiger partial charge on any atom is 0.410 e. The summed E-state index contributed by atoms with van der Waals surface area (Å²) in [5.41, 5.74) is 0. The van der Waals surface area contributed by atoms with Gasteiger partial charge >= 0.3 is 6.09 Å². The van der Waals surface area contributed by atoms with E-state index in [0.29, 0.717) is 11.6 Å². The smallest absolute Gasteiger partial charge is 0.410 e. The Kier molecular flexibility index (Phi) is 3.08. The third kappa shape index (κ3) is 2.98. The lowest BCUT2D eigenvalue weighted by Crippen LogP contribution is -2.09. The van der Waals surface area contributed by atoms with Crippen LogP contribution in [0.25, 0.3) is 0 Å². The van der Waals surface area contributed by atoms with Gasteiger partial charge in [0.15, 0.2) is 0 Å². The zero-order chi connectivity index (χ0) is 9.68. The van der Waals surface area contributed by atoms with Gasteiger partial charge in [0.05, 0.1) is 0 Å². The van der Waals surface area contributed by atoms with Crippen molar-refractivity contribution in [2.24, 2.45) is 0 Å². The van der Waals surface area contributed by atoms with E-state index < -0.39 is 6.09 Å². The number of aromatic nitrogens is 1. The van der Waals surface area contributed by atoms with Gasteiger partial charge < -0.3 is 10.4 Å². The minimum Gasteiger partial charge on any atom is -0.465 e. The van der Waals surface area contributed by atoms with Crippen LogP contribution in [0.3, 0.4) is 0 Å². The first-order valence-electron chi connectivity index (χ1n) is 3.93. The van der Waals surface area contributed by atoms with E-state index in [9.17, 15) is 4.79 Å². The summed E-state index contributed by atoms with van der Waals surface area (Å²) in [5, 5.41) is 13.6. The molecule has 0 saturated carbocycles. The predicted octanol–water partition coefficient (Wildman–Crippen LogP) is 1.60. The molecule has 0 aliphatic heterocycles. The summed E-state index contributed by atoms with van der Waals surface area (Å²) in [6.45, 7) is 2.70. The molecule has 0 fully saturated rings. The molecule has 70 valence electrons. The van der Waals surface area contributed by atoms with E-state index in [1.54, 1.807) is 18.2 Å². The highest BCUT2D eigenvalue weighted by Gasteiger charge is 1.99. The molecule has 1 rings (SSSR count). The lowest BCUT2D eigenvalue weighted by Gasteiger charge is -2.04. The van der Waals surface area contributed by atoms with Crippen molar-refractivity contribution in [3.05, 3.63) is 18.2 Å². The molecule has 0 bridgehead atoms. The van der Waals surface area contributed by atoms with Gasteiger partial charge in [-0.3, -0.25) is 5.32 Å². The zero-order valence-corrected chi connectivity index (χ0v) is 7.24. The van der Waals surface area contributed by atoms with Crippen LogP contribution >= 0.6 is 0 Å². The van der Waals surface area contributed by atoms with Crippen molar-refractivity contribution in [3.63, 3.8) is 0 Å². The van der Waals surface area contributed by atoms with Gasteiger partial charge in [-0.1, -0.05) is 6.07 Å². The van der Waals surface area contributed by atoms with E-state index >= 15 is 0 Å². The molecular weight excluding hydrogens is 170 g/mol. The third-order valence-corrected chi connectivity index (χ3v) is 1.34. The first-order chi connectivity index (χ1) is 6.22. The summed E-state index contributed by atoms with van der Waals surface area (Å²) in [4.78, 5) is 14.3. The fourth-order valence-electron chi connectivity index (χ4n) is 0.893. The molecule has 13 heavy (non-hydrogen) atoms. The van der Waals surface area contributed by atoms with Gasteiger partial charge in [-0.25, -0.2) is 9.78 Å². The Morgan fingerprint density at radius 1 is 1.54 bits per heavy atom. The molecule has 0 aliphatic carbocycles. The van der Waals surface area contributed by atoms with Crippen LogP contribution in [0.4, 0.5) is 16.4 Å². The van der Waals surface area contributed by atoms with Crippen LogP contribution in [0.1, 0.15) is 6.92 Å². The molecule has 5 nitrogen and oxygen atoms in total. The molecule has 0 unspecified atom stereocenters. The first kappa shape index (κ1) is 9.31. The second-order valence-electron chi connectivity index (χ2n) is 2.37. The number of nitrogens with zero attached hydrogens (tertiary/aromatic N) is 1. The maximum absolute atomic E-state index is 10.3. The van der Waals surface area contributed by atoms with E-state index in [1.165, 1.54) is 0 Å². The Morgan fingerprint density at radius 3 is 2.85 bits per heavy atom. The summed E-state index contributed by atoms with van der Waals surface area (Å²) in [7, 11) is 0. The van der Waals surface area contributed by atoms with Gasteiger partial charge in [-0.05, 0) is 19.1 Å². The number of anilines is 2. The summed E-state index contributed by atoms with van der Waals surface area (Å²) in [5.74, 6) is 0.986. The number of hydrogen-bond donors (Lipinski definition) is 3. The lowest BCUT2D eigenvalue weighted by molar-refractivity contribution is 0.209. The molecule has 0 spiro atoms. The van der Waals surface area contributed by atoms with E-state index in [2.05, 4.69) is 15.6 Å². The van der Waals surface area contributed by atoms with Crippen molar-refractivity contribution in [2.75, 3.05) is 17.2 Å². The number of rotatable bonds is 3. The Labute approximate surface area is 75.8 Å². The minimum absolute atomic E-state index is 0.325. The Hall–Kier alpha value is -1.78. The molecule has 3 N–H and O–H groups in total. The number of amides is 1. The summed E-state index contributed by atoms with van der Waals surface area (Å²) in [6.07, 6.45) is -1.11. The fraction of sp³-hybridized carbons (Fsp3) is 0.250. The molecular formula is C8H11N3O2. The van der Waals surface area contributed by atoms with Crippen LogP contribution in [0.15, 0.2) is 18.2 Å². The highest BCUT2D eigenvalue weighted by atomic mass is 16.4. The summed E-state index contributed by atoms with van der Waals surface area (Å²) < 4.78 is 0. The molecule has 0 atom stereocenters. The minimum atomic E-state index is -1.11. The number of pyridine rings is 1. The van der Waals surface area contributed by atoms with Crippen LogP contribution in [0, 0.1) is 0 Å². The number of carbonyl (C=O) groups is 1. The van der Waals surface area contributed by atoms with E-state index in [0.717, 1.165) is 6.54 Å². The van der Waals surface area contributed by atoms with E-state index in [1.807, 2.05) is 6.92 Å². The molecule has 1 amide bonds. The van der Waals surface area contributed by atoms with Gasteiger partial charge in [0.2, 0.25) is 0 Å². The van der Waals surface area contributed by atoms with Gasteiger partial charge in [0.1, 0.15) is 11.6 Å². The van der Waals surface area contributed by atoms with Crippen LogP contribution in [0.2, 0.25) is 0 Å². The number of nitrogens with one attached hydrogen (secondary N) is 2. The SMILES string of the molecule is CCNc1cccc(NC(=O)O)n1. The molecule has 1 heterocycles. The largest absolute Gasteiger partial charge is 0.465 e. The average molecular weight is 181 g/mol. The molecule has 0 radical (unpaired) electrons. The summed E-state index contributed by atoms with van der Waals surface area (Å²) >= 11 is 0. The molecule has 0 aromatic carbocycles. The zero-order valence-electron chi connectivity index (χ0n) is 7.24. The highest BCUT2D eigenvalue weighted by Crippen LogP contribution is 2.08. The van der Waals surface area contributed by atoms with Crippen LogP contribution in [-0.4, -0.2) is 22.7 Å². The molecule has 5 heteroatoms. The Morgan fingerprint density at radius 2 is 2.23 bits per heavy atom. The van der Waals surface area contributed by atoms with Gasteiger partial charge in [0.25, 0.3) is 0 Å². The number of hydrogen-bond acceptors (Lipinski definition) is 3. The second kappa shape index (κ2) is 4.30. The first-order valence-corrected chi connectivity index (χ1v) is 3.93. The van der Waals surface area contributed by atoms with Crippen LogP contribution in [-0.2, 0) is 0 Å². The maximum atomic E-state index is 10.3. The average Bonchev–Trinajstić information content (AvgIpc) is 2.04. The predicted molar refractivity (Wildman–Crippen MR) is 50.0 cm³/mol. The monoisotopic (exact) mass is 181 g/mol. The number of carboxylic acid groups (broad SMARTS) is 1. The third-order valence-electron chi connectivity index (χ3n) is 1.34. The lowest BCUT2D eigenvalue weighted by atomic mass is 10.4. The Bertz CT molecular complexity index is 301. The quantitative estimate of drug-likeness (QED) is 0.662. The van der Waals surface area contributed by atoms with Crippen molar-refractivity contribution < 1.29 is 9.90 Å². The molecule has 1 aromatic heterocycles. The van der Waals surface area contributed by atoms with Crippen molar-refractivity contribution >= 4 is 17.7 Å². The molecule has 1 aromatic rings. The molecule has 0 aliphatic rings.